The first-order valence-electron chi connectivity index (χ1n) is 5.04. The Morgan fingerprint density at radius 3 is 2.06 bits per heavy atom. The highest BCUT2D eigenvalue weighted by molar-refractivity contribution is 5.70. The summed E-state index contributed by atoms with van der Waals surface area (Å²) in [5.41, 5.74) is -1.10. The summed E-state index contributed by atoms with van der Waals surface area (Å²) in [5.74, 6) is -1.38. The van der Waals surface area contributed by atoms with Gasteiger partial charge in [-0.15, -0.1) is 0 Å². The van der Waals surface area contributed by atoms with E-state index in [0.29, 0.717) is 0 Å². The molecule has 2 rings (SSSR count). The van der Waals surface area contributed by atoms with E-state index in [1.54, 1.807) is 0 Å². The molecule has 0 aromatic heterocycles. The Hall–Kier alpha value is -2.04. The SMILES string of the molecule is Oc1cccc(-c2ccc(F)cc2)c1C(F)(F)F. The third-order valence-corrected chi connectivity index (χ3v) is 2.48. The van der Waals surface area contributed by atoms with E-state index in [9.17, 15) is 22.7 Å². The van der Waals surface area contributed by atoms with Gasteiger partial charge >= 0.3 is 6.18 Å². The van der Waals surface area contributed by atoms with Crippen molar-refractivity contribution in [2.45, 2.75) is 6.18 Å². The fraction of sp³-hybridized carbons (Fsp3) is 0.0769. The largest absolute Gasteiger partial charge is 0.507 e. The lowest BCUT2D eigenvalue weighted by atomic mass is 9.98. The molecule has 0 heterocycles. The van der Waals surface area contributed by atoms with Crippen molar-refractivity contribution in [3.05, 3.63) is 53.8 Å². The average Bonchev–Trinajstić information content (AvgIpc) is 2.28. The summed E-state index contributed by atoms with van der Waals surface area (Å²) in [6.45, 7) is 0. The van der Waals surface area contributed by atoms with Crippen LogP contribution < -0.4 is 0 Å². The Bertz CT molecular complexity index is 558. The van der Waals surface area contributed by atoms with Crippen LogP contribution >= 0.6 is 0 Å². The van der Waals surface area contributed by atoms with Crippen LogP contribution in [0.5, 0.6) is 5.75 Å². The summed E-state index contributed by atoms with van der Waals surface area (Å²) in [6.07, 6.45) is -4.67. The zero-order chi connectivity index (χ0) is 13.3. The van der Waals surface area contributed by atoms with Crippen molar-refractivity contribution in [2.24, 2.45) is 0 Å². The Balaban J connectivity index is 2.65. The number of alkyl halides is 3. The van der Waals surface area contributed by atoms with Crippen LogP contribution in [0.25, 0.3) is 11.1 Å². The number of halogens is 4. The highest BCUT2D eigenvalue weighted by atomic mass is 19.4. The number of phenolic OH excluding ortho intramolecular Hbond substituents is 1. The van der Waals surface area contributed by atoms with Gasteiger partial charge in [0.05, 0.1) is 0 Å². The van der Waals surface area contributed by atoms with Crippen molar-refractivity contribution in [2.75, 3.05) is 0 Å². The highest BCUT2D eigenvalue weighted by Gasteiger charge is 2.36. The van der Waals surface area contributed by atoms with E-state index in [-0.39, 0.29) is 11.1 Å². The van der Waals surface area contributed by atoms with Crippen molar-refractivity contribution < 1.29 is 22.7 Å². The molecule has 1 N–H and O–H groups in total. The van der Waals surface area contributed by atoms with E-state index in [1.165, 1.54) is 24.3 Å². The molecule has 0 spiro atoms. The van der Waals surface area contributed by atoms with Gasteiger partial charge in [0.25, 0.3) is 0 Å². The first-order chi connectivity index (χ1) is 8.39. The maximum absolute atomic E-state index is 12.8. The summed E-state index contributed by atoms with van der Waals surface area (Å²) in [7, 11) is 0. The van der Waals surface area contributed by atoms with E-state index in [4.69, 9.17) is 0 Å². The third-order valence-electron chi connectivity index (χ3n) is 2.48. The molecule has 0 aliphatic heterocycles. The smallest absolute Gasteiger partial charge is 0.420 e. The standard InChI is InChI=1S/C13H8F4O/c14-9-6-4-8(5-7-9)10-2-1-3-11(18)12(10)13(15,16)17/h1-7,18H. The molecule has 1 nitrogen and oxygen atoms in total. The quantitative estimate of drug-likeness (QED) is 0.757. The molecule has 0 aliphatic carbocycles. The predicted octanol–water partition coefficient (Wildman–Crippen LogP) is 4.22. The molecule has 0 saturated heterocycles. The van der Waals surface area contributed by atoms with Crippen LogP contribution in [0.4, 0.5) is 17.6 Å². The summed E-state index contributed by atoms with van der Waals surface area (Å²) >= 11 is 0. The Morgan fingerprint density at radius 1 is 0.889 bits per heavy atom. The molecule has 5 heteroatoms. The number of rotatable bonds is 1. The first kappa shape index (κ1) is 12.4. The number of hydrogen-bond acceptors (Lipinski definition) is 1. The molecule has 2 aromatic rings. The molecule has 94 valence electrons. The predicted molar refractivity (Wildman–Crippen MR) is 58.5 cm³/mol. The van der Waals surface area contributed by atoms with Gasteiger partial charge < -0.3 is 5.11 Å². The van der Waals surface area contributed by atoms with Gasteiger partial charge in [-0.05, 0) is 29.3 Å². The zero-order valence-electron chi connectivity index (χ0n) is 9.00. The maximum atomic E-state index is 12.8. The second-order valence-corrected chi connectivity index (χ2v) is 3.70. The van der Waals surface area contributed by atoms with Gasteiger partial charge in [-0.25, -0.2) is 4.39 Å². The van der Waals surface area contributed by atoms with Gasteiger partial charge in [0.15, 0.2) is 0 Å². The zero-order valence-corrected chi connectivity index (χ0v) is 9.00. The van der Waals surface area contributed by atoms with Crippen LogP contribution in [-0.4, -0.2) is 5.11 Å². The van der Waals surface area contributed by atoms with E-state index in [2.05, 4.69) is 0 Å². The van der Waals surface area contributed by atoms with Crippen molar-refractivity contribution in [3.8, 4) is 16.9 Å². The number of aromatic hydroxyl groups is 1. The molecule has 0 saturated carbocycles. The van der Waals surface area contributed by atoms with Gasteiger partial charge in [0, 0.05) is 0 Å². The van der Waals surface area contributed by atoms with E-state index < -0.39 is 23.3 Å². The molecule has 0 amide bonds. The van der Waals surface area contributed by atoms with Crippen LogP contribution in [0.15, 0.2) is 42.5 Å². The molecule has 0 bridgehead atoms. The molecule has 0 unspecified atom stereocenters. The summed E-state index contributed by atoms with van der Waals surface area (Å²) < 4.78 is 51.3. The van der Waals surface area contributed by atoms with Crippen molar-refractivity contribution in [3.63, 3.8) is 0 Å². The molecular weight excluding hydrogens is 248 g/mol. The molecule has 18 heavy (non-hydrogen) atoms. The van der Waals surface area contributed by atoms with E-state index in [1.807, 2.05) is 0 Å². The summed E-state index contributed by atoms with van der Waals surface area (Å²) in [5, 5.41) is 9.35. The lowest BCUT2D eigenvalue weighted by Gasteiger charge is -2.14. The second-order valence-electron chi connectivity index (χ2n) is 3.70. The monoisotopic (exact) mass is 256 g/mol. The molecule has 0 radical (unpaired) electrons. The van der Waals surface area contributed by atoms with Crippen molar-refractivity contribution >= 4 is 0 Å². The molecule has 0 atom stereocenters. The lowest BCUT2D eigenvalue weighted by molar-refractivity contribution is -0.138. The Morgan fingerprint density at radius 2 is 1.50 bits per heavy atom. The highest BCUT2D eigenvalue weighted by Crippen LogP contribution is 2.42. The van der Waals surface area contributed by atoms with Crippen LogP contribution in [0.1, 0.15) is 5.56 Å². The minimum atomic E-state index is -4.67. The molecule has 0 aliphatic rings. The topological polar surface area (TPSA) is 20.2 Å². The van der Waals surface area contributed by atoms with Gasteiger partial charge in [-0.1, -0.05) is 24.3 Å². The maximum Gasteiger partial charge on any atom is 0.420 e. The van der Waals surface area contributed by atoms with Crippen LogP contribution in [0.2, 0.25) is 0 Å². The third kappa shape index (κ3) is 2.30. The summed E-state index contributed by atoms with van der Waals surface area (Å²) in [4.78, 5) is 0. The van der Waals surface area contributed by atoms with Gasteiger partial charge in [-0.3, -0.25) is 0 Å². The normalized spacial score (nSPS) is 11.6. The fourth-order valence-electron chi connectivity index (χ4n) is 1.71. The van der Waals surface area contributed by atoms with Crippen molar-refractivity contribution in [1.82, 2.24) is 0 Å². The van der Waals surface area contributed by atoms with Gasteiger partial charge in [0.2, 0.25) is 0 Å². The van der Waals surface area contributed by atoms with Gasteiger partial charge in [0.1, 0.15) is 17.1 Å². The van der Waals surface area contributed by atoms with Crippen LogP contribution in [0.3, 0.4) is 0 Å². The van der Waals surface area contributed by atoms with E-state index in [0.717, 1.165) is 18.2 Å². The average molecular weight is 256 g/mol. The fourth-order valence-corrected chi connectivity index (χ4v) is 1.71. The Labute approximate surface area is 100 Å². The minimum absolute atomic E-state index is 0.178. The molecule has 2 aromatic carbocycles. The number of phenols is 1. The molecule has 0 fully saturated rings. The van der Waals surface area contributed by atoms with Crippen LogP contribution in [0, 0.1) is 5.82 Å². The van der Waals surface area contributed by atoms with Crippen molar-refractivity contribution in [1.29, 1.82) is 0 Å². The minimum Gasteiger partial charge on any atom is -0.507 e. The van der Waals surface area contributed by atoms with E-state index >= 15 is 0 Å². The number of benzene rings is 2. The lowest BCUT2D eigenvalue weighted by Crippen LogP contribution is -2.07. The van der Waals surface area contributed by atoms with Gasteiger partial charge in [-0.2, -0.15) is 13.2 Å². The second kappa shape index (κ2) is 4.33. The number of hydrogen-bond donors (Lipinski definition) is 1. The van der Waals surface area contributed by atoms with Crippen LogP contribution in [-0.2, 0) is 6.18 Å². The summed E-state index contributed by atoms with van der Waals surface area (Å²) in [6, 6.07) is 8.12. The Kier molecular flexibility index (Phi) is 2.98. The molecular formula is C13H8F4O. The first-order valence-corrected chi connectivity index (χ1v) is 5.04.